The van der Waals surface area contributed by atoms with Crippen LogP contribution in [0, 0.1) is 5.92 Å². The zero-order valence-electron chi connectivity index (χ0n) is 12.6. The Morgan fingerprint density at radius 1 is 1.38 bits per heavy atom. The number of benzene rings is 1. The minimum atomic E-state index is -0.535. The Morgan fingerprint density at radius 2 is 2.10 bits per heavy atom. The van der Waals surface area contributed by atoms with Gasteiger partial charge in [0, 0.05) is 12.1 Å². The van der Waals surface area contributed by atoms with E-state index in [1.54, 1.807) is 25.1 Å². The molecule has 0 spiro atoms. The van der Waals surface area contributed by atoms with Crippen LogP contribution in [0.1, 0.15) is 31.1 Å². The second kappa shape index (κ2) is 8.59. The highest BCUT2D eigenvalue weighted by atomic mass is 32.1. The van der Waals surface area contributed by atoms with Crippen LogP contribution in [0.4, 0.5) is 0 Å². The van der Waals surface area contributed by atoms with Gasteiger partial charge in [-0.05, 0) is 43.3 Å². The third-order valence-electron chi connectivity index (χ3n) is 2.46. The molecule has 1 rings (SSSR count). The lowest BCUT2D eigenvalue weighted by molar-refractivity contribution is 0.0975. The lowest BCUT2D eigenvalue weighted by Gasteiger charge is -2.12. The van der Waals surface area contributed by atoms with Crippen molar-refractivity contribution < 1.29 is 14.6 Å². The number of amides is 1. The van der Waals surface area contributed by atoms with Crippen molar-refractivity contribution in [3.05, 3.63) is 29.8 Å². The van der Waals surface area contributed by atoms with E-state index in [4.69, 9.17) is 22.1 Å². The van der Waals surface area contributed by atoms with Gasteiger partial charge in [0.2, 0.25) is 0 Å². The van der Waals surface area contributed by atoms with E-state index in [0.717, 1.165) is 0 Å². The molecular weight excluding hydrogens is 288 g/mol. The van der Waals surface area contributed by atoms with Crippen LogP contribution in [0.2, 0.25) is 0 Å². The molecule has 21 heavy (non-hydrogen) atoms. The molecule has 1 amide bonds. The number of carbonyl (C=O) groups excluding carboxylic acids is 1. The van der Waals surface area contributed by atoms with E-state index in [1.165, 1.54) is 0 Å². The van der Waals surface area contributed by atoms with Crippen LogP contribution in [-0.2, 0) is 0 Å². The number of hydrogen-bond acceptors (Lipinski definition) is 4. The van der Waals surface area contributed by atoms with E-state index in [1.807, 2.05) is 6.07 Å². The fourth-order valence-electron chi connectivity index (χ4n) is 1.45. The molecule has 0 fully saturated rings. The topological polar surface area (TPSA) is 70.6 Å². The second-order valence-electron chi connectivity index (χ2n) is 5.25. The molecule has 116 valence electrons. The van der Waals surface area contributed by atoms with Crippen LogP contribution in [-0.4, -0.2) is 35.4 Å². The fraction of sp³-hybridized carbons (Fsp3) is 0.467. The fourth-order valence-corrected chi connectivity index (χ4v) is 1.63. The summed E-state index contributed by atoms with van der Waals surface area (Å²) >= 11 is 4.98. The summed E-state index contributed by atoms with van der Waals surface area (Å²) in [5.41, 5.74) is 0.470. The minimum Gasteiger partial charge on any atom is -0.493 e. The third-order valence-corrected chi connectivity index (χ3v) is 2.71. The first kappa shape index (κ1) is 17.4. The predicted molar refractivity (Wildman–Crippen MR) is 86.5 cm³/mol. The van der Waals surface area contributed by atoms with Gasteiger partial charge < -0.3 is 15.2 Å². The molecule has 0 aliphatic rings. The summed E-state index contributed by atoms with van der Waals surface area (Å²) in [6.45, 7) is 6.63. The van der Waals surface area contributed by atoms with Crippen molar-refractivity contribution in [2.45, 2.75) is 26.9 Å². The first-order valence-corrected chi connectivity index (χ1v) is 7.29. The number of aliphatic hydroxyl groups is 1. The Bertz CT molecular complexity index is 490. The van der Waals surface area contributed by atoms with Crippen molar-refractivity contribution >= 4 is 23.2 Å². The van der Waals surface area contributed by atoms with E-state index >= 15 is 0 Å². The van der Waals surface area contributed by atoms with Gasteiger partial charge >= 0.3 is 0 Å². The number of rotatable bonds is 6. The van der Waals surface area contributed by atoms with Crippen LogP contribution < -0.4 is 15.4 Å². The molecule has 1 aromatic carbocycles. The highest BCUT2D eigenvalue weighted by Gasteiger charge is 2.09. The first-order chi connectivity index (χ1) is 9.88. The van der Waals surface area contributed by atoms with E-state index < -0.39 is 6.10 Å². The molecule has 0 aliphatic carbocycles. The molecule has 1 aromatic rings. The van der Waals surface area contributed by atoms with Gasteiger partial charge in [-0.2, -0.15) is 0 Å². The van der Waals surface area contributed by atoms with Crippen molar-refractivity contribution in [2.75, 3.05) is 13.2 Å². The van der Waals surface area contributed by atoms with Gasteiger partial charge in [0.25, 0.3) is 5.91 Å². The summed E-state index contributed by atoms with van der Waals surface area (Å²) in [6.07, 6.45) is -0.535. The molecule has 6 heteroatoms. The quantitative estimate of drug-likeness (QED) is 0.698. The maximum atomic E-state index is 12.0. The summed E-state index contributed by atoms with van der Waals surface area (Å²) < 4.78 is 5.58. The van der Waals surface area contributed by atoms with Crippen molar-refractivity contribution in [3.63, 3.8) is 0 Å². The molecular formula is C15H22N2O3S. The largest absolute Gasteiger partial charge is 0.493 e. The van der Waals surface area contributed by atoms with Crippen molar-refractivity contribution in [2.24, 2.45) is 5.92 Å². The number of nitrogens with one attached hydrogen (secondary N) is 2. The summed E-state index contributed by atoms with van der Waals surface area (Å²) in [6, 6.07) is 6.93. The Hall–Kier alpha value is -1.66. The van der Waals surface area contributed by atoms with E-state index in [2.05, 4.69) is 24.5 Å². The average molecular weight is 310 g/mol. The Kier molecular flexibility index (Phi) is 7.11. The van der Waals surface area contributed by atoms with Crippen molar-refractivity contribution in [1.29, 1.82) is 0 Å². The SMILES string of the molecule is CC(C)COc1cccc(C(=O)NC(=S)NCC(C)O)c1. The minimum absolute atomic E-state index is 0.189. The highest BCUT2D eigenvalue weighted by molar-refractivity contribution is 7.80. The number of hydrogen-bond donors (Lipinski definition) is 3. The van der Waals surface area contributed by atoms with Gasteiger partial charge in [0.15, 0.2) is 5.11 Å². The predicted octanol–water partition coefficient (Wildman–Crippen LogP) is 1.71. The molecule has 1 atom stereocenters. The Balaban J connectivity index is 2.57. The van der Waals surface area contributed by atoms with Crippen LogP contribution in [0.15, 0.2) is 24.3 Å². The molecule has 0 aliphatic heterocycles. The standard InChI is InChI=1S/C15H22N2O3S/c1-10(2)9-20-13-6-4-5-12(7-13)14(19)17-15(21)16-8-11(3)18/h4-7,10-11,18H,8-9H2,1-3H3,(H2,16,17,19,21). The third kappa shape index (κ3) is 7.06. The molecule has 0 aromatic heterocycles. The van der Waals surface area contributed by atoms with E-state index in [0.29, 0.717) is 23.8 Å². The summed E-state index contributed by atoms with van der Waals surface area (Å²) in [5, 5.41) is 14.6. The molecule has 5 nitrogen and oxygen atoms in total. The van der Waals surface area contributed by atoms with Crippen LogP contribution in [0.5, 0.6) is 5.75 Å². The van der Waals surface area contributed by atoms with Gasteiger partial charge in [-0.25, -0.2) is 0 Å². The van der Waals surface area contributed by atoms with Crippen LogP contribution in [0.3, 0.4) is 0 Å². The maximum Gasteiger partial charge on any atom is 0.257 e. The monoisotopic (exact) mass is 310 g/mol. The van der Waals surface area contributed by atoms with Gasteiger partial charge in [-0.15, -0.1) is 0 Å². The van der Waals surface area contributed by atoms with Gasteiger partial charge in [-0.1, -0.05) is 19.9 Å². The zero-order valence-corrected chi connectivity index (χ0v) is 13.4. The summed E-state index contributed by atoms with van der Waals surface area (Å²) in [4.78, 5) is 12.0. The molecule has 0 bridgehead atoms. The average Bonchev–Trinajstić information content (AvgIpc) is 2.43. The molecule has 0 radical (unpaired) electrons. The Labute approximate surface area is 130 Å². The van der Waals surface area contributed by atoms with E-state index in [-0.39, 0.29) is 17.6 Å². The lowest BCUT2D eigenvalue weighted by Crippen LogP contribution is -2.41. The molecule has 0 saturated carbocycles. The number of carbonyl (C=O) groups is 1. The second-order valence-corrected chi connectivity index (χ2v) is 5.65. The first-order valence-electron chi connectivity index (χ1n) is 6.88. The van der Waals surface area contributed by atoms with E-state index in [9.17, 15) is 4.79 Å². The molecule has 0 saturated heterocycles. The van der Waals surface area contributed by atoms with Gasteiger partial charge in [0.1, 0.15) is 5.75 Å². The van der Waals surface area contributed by atoms with Gasteiger partial charge in [-0.3, -0.25) is 10.1 Å². The van der Waals surface area contributed by atoms with Gasteiger partial charge in [0.05, 0.1) is 12.7 Å². The van der Waals surface area contributed by atoms with Crippen LogP contribution >= 0.6 is 12.2 Å². The zero-order chi connectivity index (χ0) is 15.8. The normalized spacial score (nSPS) is 11.9. The number of ether oxygens (including phenoxy) is 1. The van der Waals surface area contributed by atoms with Crippen molar-refractivity contribution in [3.8, 4) is 5.75 Å². The van der Waals surface area contributed by atoms with Crippen LogP contribution in [0.25, 0.3) is 0 Å². The summed E-state index contributed by atoms with van der Waals surface area (Å²) in [5.74, 6) is 0.757. The Morgan fingerprint density at radius 3 is 2.71 bits per heavy atom. The molecule has 0 heterocycles. The molecule has 3 N–H and O–H groups in total. The highest BCUT2D eigenvalue weighted by Crippen LogP contribution is 2.14. The smallest absolute Gasteiger partial charge is 0.257 e. The van der Waals surface area contributed by atoms with Crippen molar-refractivity contribution in [1.82, 2.24) is 10.6 Å². The number of thiocarbonyl (C=S) groups is 1. The maximum absolute atomic E-state index is 12.0. The molecule has 1 unspecified atom stereocenters. The lowest BCUT2D eigenvalue weighted by atomic mass is 10.2. The number of aliphatic hydroxyl groups excluding tert-OH is 1. The summed E-state index contributed by atoms with van der Waals surface area (Å²) in [7, 11) is 0.